The fourth-order valence-electron chi connectivity index (χ4n) is 3.08. The molecule has 0 aromatic carbocycles. The Hall–Kier alpha value is -1.82. The van der Waals surface area contributed by atoms with Crippen LogP contribution in [0.2, 0.25) is 0 Å². The van der Waals surface area contributed by atoms with Gasteiger partial charge in [-0.15, -0.1) is 0 Å². The van der Waals surface area contributed by atoms with E-state index < -0.39 is 17.4 Å². The molecule has 6 nitrogen and oxygen atoms in total. The summed E-state index contributed by atoms with van der Waals surface area (Å²) >= 11 is 0. The molecule has 1 aromatic heterocycles. The second kappa shape index (κ2) is 6.97. The quantitative estimate of drug-likeness (QED) is 0.777. The van der Waals surface area contributed by atoms with Crippen molar-refractivity contribution in [3.63, 3.8) is 0 Å². The molecule has 1 fully saturated rings. The molecule has 1 amide bonds. The molecule has 0 unspecified atom stereocenters. The number of carbonyl (C=O) groups is 1. The zero-order chi connectivity index (χ0) is 18.0. The van der Waals surface area contributed by atoms with Gasteiger partial charge in [0.05, 0.1) is 0 Å². The molecular weight excluding hydrogens is 306 g/mol. The van der Waals surface area contributed by atoms with E-state index in [0.717, 1.165) is 25.2 Å². The van der Waals surface area contributed by atoms with Gasteiger partial charge in [-0.3, -0.25) is 4.90 Å². The summed E-state index contributed by atoms with van der Waals surface area (Å²) in [5.74, 6) is 0.942. The molecule has 1 N–H and O–H groups in total. The predicted molar refractivity (Wildman–Crippen MR) is 92.5 cm³/mol. The number of carbonyl (C=O) groups excluding carboxylic acids is 1. The van der Waals surface area contributed by atoms with Crippen molar-refractivity contribution in [2.24, 2.45) is 0 Å². The number of hydrogen-bond donors (Lipinski definition) is 1. The van der Waals surface area contributed by atoms with E-state index >= 15 is 0 Å². The normalized spacial score (nSPS) is 26.6. The van der Waals surface area contributed by atoms with Crippen LogP contribution >= 0.6 is 0 Å². The average Bonchev–Trinajstić information content (AvgIpc) is 2.93. The maximum atomic E-state index is 12.3. The average molecular weight is 335 g/mol. The molecule has 134 valence electrons. The number of nitrogens with zero attached hydrogens (tertiary/aromatic N) is 3. The lowest BCUT2D eigenvalue weighted by molar-refractivity contribution is -0.139. The van der Waals surface area contributed by atoms with Gasteiger partial charge >= 0.3 is 6.09 Å². The van der Waals surface area contributed by atoms with E-state index in [0.29, 0.717) is 13.0 Å². The smallest absolute Gasteiger partial charge is 0.412 e. The van der Waals surface area contributed by atoms with Gasteiger partial charge < -0.3 is 14.4 Å². The SMILES string of the molecule is CC(C)=CCC[C@]1(C)OC(=O)N(CCCn2ccnc2C)[C@@]1(C)O. The summed E-state index contributed by atoms with van der Waals surface area (Å²) in [7, 11) is 0. The van der Waals surface area contributed by atoms with Crippen LogP contribution in [-0.2, 0) is 11.3 Å². The van der Waals surface area contributed by atoms with Crippen LogP contribution in [0.3, 0.4) is 0 Å². The predicted octanol–water partition coefficient (Wildman–Crippen LogP) is 3.25. The van der Waals surface area contributed by atoms with Gasteiger partial charge in [0.2, 0.25) is 0 Å². The van der Waals surface area contributed by atoms with Crippen LogP contribution in [0.1, 0.15) is 52.8 Å². The van der Waals surface area contributed by atoms with Crippen molar-refractivity contribution in [2.75, 3.05) is 6.54 Å². The summed E-state index contributed by atoms with van der Waals surface area (Å²) in [6.07, 6.45) is 7.42. The lowest BCUT2D eigenvalue weighted by Gasteiger charge is -2.37. The van der Waals surface area contributed by atoms with E-state index in [1.54, 1.807) is 13.1 Å². The van der Waals surface area contributed by atoms with Crippen molar-refractivity contribution in [1.82, 2.24) is 14.5 Å². The van der Waals surface area contributed by atoms with E-state index in [2.05, 4.69) is 11.1 Å². The largest absolute Gasteiger partial charge is 0.438 e. The summed E-state index contributed by atoms with van der Waals surface area (Å²) in [5, 5.41) is 11.0. The summed E-state index contributed by atoms with van der Waals surface area (Å²) in [4.78, 5) is 17.9. The second-order valence-electron chi connectivity index (χ2n) is 7.11. The molecule has 1 aliphatic heterocycles. The maximum absolute atomic E-state index is 12.3. The highest BCUT2D eigenvalue weighted by molar-refractivity contribution is 5.72. The molecule has 2 heterocycles. The lowest BCUT2D eigenvalue weighted by atomic mass is 9.88. The van der Waals surface area contributed by atoms with Gasteiger partial charge in [0.25, 0.3) is 0 Å². The Morgan fingerprint density at radius 2 is 2.08 bits per heavy atom. The Morgan fingerprint density at radius 3 is 2.67 bits per heavy atom. The van der Waals surface area contributed by atoms with Crippen LogP contribution in [-0.4, -0.2) is 43.5 Å². The third-order valence-electron chi connectivity index (χ3n) is 4.94. The van der Waals surface area contributed by atoms with E-state index in [9.17, 15) is 9.90 Å². The van der Waals surface area contributed by atoms with E-state index in [4.69, 9.17) is 4.74 Å². The zero-order valence-corrected chi connectivity index (χ0v) is 15.4. The number of aryl methyl sites for hydroxylation is 2. The Balaban J connectivity index is 1.98. The Kier molecular flexibility index (Phi) is 5.38. The molecule has 0 spiro atoms. The van der Waals surface area contributed by atoms with E-state index in [1.165, 1.54) is 10.5 Å². The number of hydrogen-bond acceptors (Lipinski definition) is 4. The lowest BCUT2D eigenvalue weighted by Crippen LogP contribution is -2.55. The van der Waals surface area contributed by atoms with Gasteiger partial charge in [-0.05, 0) is 53.9 Å². The van der Waals surface area contributed by atoms with Gasteiger partial charge in [-0.2, -0.15) is 0 Å². The molecule has 0 bridgehead atoms. The number of imidazole rings is 1. The fraction of sp³-hybridized carbons (Fsp3) is 0.667. The summed E-state index contributed by atoms with van der Waals surface area (Å²) in [6, 6.07) is 0. The van der Waals surface area contributed by atoms with Crippen molar-refractivity contribution in [3.05, 3.63) is 29.9 Å². The number of amides is 1. The van der Waals surface area contributed by atoms with Crippen LogP contribution in [0, 0.1) is 6.92 Å². The summed E-state index contributed by atoms with van der Waals surface area (Å²) in [5.41, 5.74) is -1.00. The van der Waals surface area contributed by atoms with Crippen LogP contribution in [0.15, 0.2) is 24.0 Å². The van der Waals surface area contributed by atoms with E-state index in [-0.39, 0.29) is 0 Å². The number of rotatable bonds is 7. The fourth-order valence-corrected chi connectivity index (χ4v) is 3.08. The van der Waals surface area contributed by atoms with Gasteiger partial charge in [0.15, 0.2) is 11.3 Å². The highest BCUT2D eigenvalue weighted by Crippen LogP contribution is 2.40. The van der Waals surface area contributed by atoms with Gasteiger partial charge in [-0.25, -0.2) is 9.78 Å². The highest BCUT2D eigenvalue weighted by atomic mass is 16.6. The standard InChI is InChI=1S/C18H29N3O3/c1-14(2)8-6-9-17(4)18(5,23)21(16(22)24-17)12-7-11-20-13-10-19-15(20)3/h8,10,13,23H,6-7,9,11-12H2,1-5H3/t17-,18-/m0/s1. The van der Waals surface area contributed by atoms with Crippen molar-refractivity contribution in [3.8, 4) is 0 Å². The molecule has 0 aliphatic carbocycles. The minimum Gasteiger partial charge on any atom is -0.438 e. The molecule has 1 saturated heterocycles. The first-order valence-electron chi connectivity index (χ1n) is 8.51. The van der Waals surface area contributed by atoms with Crippen LogP contribution < -0.4 is 0 Å². The van der Waals surface area contributed by atoms with Crippen molar-refractivity contribution in [1.29, 1.82) is 0 Å². The minimum absolute atomic E-state index is 0.443. The number of allylic oxidation sites excluding steroid dienone is 2. The third kappa shape index (κ3) is 3.64. The minimum atomic E-state index is -1.32. The molecular formula is C18H29N3O3. The van der Waals surface area contributed by atoms with Crippen LogP contribution in [0.5, 0.6) is 0 Å². The first-order chi connectivity index (χ1) is 11.2. The molecule has 6 heteroatoms. The van der Waals surface area contributed by atoms with Crippen LogP contribution in [0.25, 0.3) is 0 Å². The molecule has 24 heavy (non-hydrogen) atoms. The molecule has 1 aromatic rings. The Labute approximate surface area is 144 Å². The second-order valence-corrected chi connectivity index (χ2v) is 7.11. The van der Waals surface area contributed by atoms with Crippen molar-refractivity contribution < 1.29 is 14.6 Å². The monoisotopic (exact) mass is 335 g/mol. The third-order valence-corrected chi connectivity index (χ3v) is 4.94. The number of aromatic nitrogens is 2. The summed E-state index contributed by atoms with van der Waals surface area (Å²) < 4.78 is 7.59. The van der Waals surface area contributed by atoms with Crippen LogP contribution in [0.4, 0.5) is 4.79 Å². The molecule has 2 atom stereocenters. The summed E-state index contributed by atoms with van der Waals surface area (Å²) in [6.45, 7) is 10.7. The van der Waals surface area contributed by atoms with E-state index in [1.807, 2.05) is 38.5 Å². The van der Waals surface area contributed by atoms with Gasteiger partial charge in [-0.1, -0.05) is 11.6 Å². The Morgan fingerprint density at radius 1 is 1.38 bits per heavy atom. The number of ether oxygens (including phenoxy) is 1. The number of cyclic esters (lactones) is 1. The van der Waals surface area contributed by atoms with Crippen molar-refractivity contribution >= 4 is 6.09 Å². The zero-order valence-electron chi connectivity index (χ0n) is 15.4. The molecule has 2 rings (SSSR count). The van der Waals surface area contributed by atoms with Gasteiger partial charge in [0, 0.05) is 25.5 Å². The molecule has 0 radical (unpaired) electrons. The van der Waals surface area contributed by atoms with Gasteiger partial charge in [0.1, 0.15) is 5.82 Å². The first kappa shape index (κ1) is 18.5. The van der Waals surface area contributed by atoms with Crippen molar-refractivity contribution in [2.45, 2.75) is 71.8 Å². The highest BCUT2D eigenvalue weighted by Gasteiger charge is 2.58. The Bertz CT molecular complexity index is 617. The number of aliphatic hydroxyl groups is 1. The maximum Gasteiger partial charge on any atom is 0.412 e. The molecule has 1 aliphatic rings. The molecule has 0 saturated carbocycles. The first-order valence-corrected chi connectivity index (χ1v) is 8.51. The topological polar surface area (TPSA) is 67.6 Å².